The van der Waals surface area contributed by atoms with Crippen LogP contribution in [0.25, 0.3) is 11.3 Å². The van der Waals surface area contributed by atoms with E-state index in [4.69, 9.17) is 27.9 Å². The molecule has 1 aromatic heterocycles. The Kier molecular flexibility index (Phi) is 5.27. The maximum absolute atomic E-state index is 12.4. The fourth-order valence-electron chi connectivity index (χ4n) is 2.32. The van der Waals surface area contributed by atoms with Crippen LogP contribution in [0.4, 0.5) is 5.13 Å². The molecule has 4 nitrogen and oxygen atoms in total. The molecule has 2 aromatic carbocycles. The zero-order chi connectivity index (χ0) is 18.0. The van der Waals surface area contributed by atoms with Gasteiger partial charge in [0.15, 0.2) is 5.13 Å². The predicted octanol–water partition coefficient (Wildman–Crippen LogP) is 5.69. The van der Waals surface area contributed by atoms with Crippen molar-refractivity contribution in [1.82, 2.24) is 4.98 Å². The van der Waals surface area contributed by atoms with Gasteiger partial charge in [0.2, 0.25) is 0 Å². The number of benzene rings is 2. The summed E-state index contributed by atoms with van der Waals surface area (Å²) >= 11 is 13.3. The van der Waals surface area contributed by atoms with Crippen molar-refractivity contribution in [2.45, 2.75) is 6.92 Å². The number of methoxy groups -OCH3 is 1. The smallest absolute Gasteiger partial charge is 0.257 e. The summed E-state index contributed by atoms with van der Waals surface area (Å²) < 4.78 is 5.17. The molecule has 0 aliphatic rings. The molecule has 25 heavy (non-hydrogen) atoms. The summed E-state index contributed by atoms with van der Waals surface area (Å²) in [6, 6.07) is 12.3. The van der Waals surface area contributed by atoms with Crippen molar-refractivity contribution >= 4 is 45.6 Å². The first-order valence-corrected chi connectivity index (χ1v) is 8.93. The van der Waals surface area contributed by atoms with Crippen LogP contribution < -0.4 is 10.1 Å². The van der Waals surface area contributed by atoms with Gasteiger partial charge in [-0.05, 0) is 49.4 Å². The number of thiazole rings is 1. The van der Waals surface area contributed by atoms with Crippen molar-refractivity contribution in [3.05, 3.63) is 63.0 Å². The summed E-state index contributed by atoms with van der Waals surface area (Å²) in [5.74, 6) is 0.474. The lowest BCUT2D eigenvalue weighted by Crippen LogP contribution is -2.11. The number of aromatic nitrogens is 1. The summed E-state index contributed by atoms with van der Waals surface area (Å²) in [4.78, 5) is 17.9. The standard InChI is InChI=1S/C18H14Cl2N2O2S/c1-10-16(11-3-5-15(24-2)6-4-11)21-18(25-10)22-17(23)12-7-13(19)9-14(20)8-12/h3-9H,1-2H3,(H,21,22,23). The van der Waals surface area contributed by atoms with E-state index in [0.29, 0.717) is 20.7 Å². The first kappa shape index (κ1) is 17.7. The number of nitrogens with one attached hydrogen (secondary N) is 1. The van der Waals surface area contributed by atoms with Crippen LogP contribution >= 0.6 is 34.5 Å². The number of amides is 1. The predicted molar refractivity (Wildman–Crippen MR) is 103 cm³/mol. The molecule has 0 spiro atoms. The average molecular weight is 393 g/mol. The highest BCUT2D eigenvalue weighted by Crippen LogP contribution is 2.31. The summed E-state index contributed by atoms with van der Waals surface area (Å²) in [6.07, 6.45) is 0. The Morgan fingerprint density at radius 3 is 2.36 bits per heavy atom. The summed E-state index contributed by atoms with van der Waals surface area (Å²) in [5.41, 5.74) is 2.17. The van der Waals surface area contributed by atoms with Crippen molar-refractivity contribution < 1.29 is 9.53 Å². The first-order chi connectivity index (χ1) is 12.0. The Hall–Kier alpha value is -2.08. The molecule has 3 rings (SSSR count). The molecule has 0 bridgehead atoms. The lowest BCUT2D eigenvalue weighted by Gasteiger charge is -2.03. The number of ether oxygens (including phenoxy) is 1. The van der Waals surface area contributed by atoms with Gasteiger partial charge in [-0.15, -0.1) is 11.3 Å². The highest BCUT2D eigenvalue weighted by Gasteiger charge is 2.14. The fraction of sp³-hybridized carbons (Fsp3) is 0.111. The van der Waals surface area contributed by atoms with E-state index in [1.165, 1.54) is 11.3 Å². The lowest BCUT2D eigenvalue weighted by atomic mass is 10.1. The molecule has 7 heteroatoms. The van der Waals surface area contributed by atoms with Gasteiger partial charge in [0.05, 0.1) is 12.8 Å². The van der Waals surface area contributed by atoms with Crippen molar-refractivity contribution in [1.29, 1.82) is 0 Å². The molecule has 0 saturated heterocycles. The maximum Gasteiger partial charge on any atom is 0.257 e. The van der Waals surface area contributed by atoms with Crippen molar-refractivity contribution in [2.24, 2.45) is 0 Å². The lowest BCUT2D eigenvalue weighted by molar-refractivity contribution is 0.102. The van der Waals surface area contributed by atoms with Crippen LogP contribution in [0.3, 0.4) is 0 Å². The number of carbonyl (C=O) groups is 1. The number of carbonyl (C=O) groups excluding carboxylic acids is 1. The monoisotopic (exact) mass is 392 g/mol. The Balaban J connectivity index is 1.83. The minimum atomic E-state index is -0.306. The van der Waals surface area contributed by atoms with Gasteiger partial charge in [-0.2, -0.15) is 0 Å². The van der Waals surface area contributed by atoms with E-state index in [9.17, 15) is 4.79 Å². The molecule has 0 aliphatic heterocycles. The van der Waals surface area contributed by atoms with E-state index in [1.807, 2.05) is 31.2 Å². The molecule has 128 valence electrons. The second-order valence-electron chi connectivity index (χ2n) is 5.26. The minimum absolute atomic E-state index is 0.306. The highest BCUT2D eigenvalue weighted by atomic mass is 35.5. The SMILES string of the molecule is COc1ccc(-c2nc(NC(=O)c3cc(Cl)cc(Cl)c3)sc2C)cc1. The van der Waals surface area contributed by atoms with E-state index < -0.39 is 0 Å². The molecule has 0 saturated carbocycles. The van der Waals surface area contributed by atoms with Gasteiger partial charge in [0, 0.05) is 26.0 Å². The number of nitrogens with zero attached hydrogens (tertiary/aromatic N) is 1. The molecule has 1 amide bonds. The van der Waals surface area contributed by atoms with Gasteiger partial charge in [-0.3, -0.25) is 10.1 Å². The van der Waals surface area contributed by atoms with Gasteiger partial charge in [-0.1, -0.05) is 23.2 Å². The number of halogens is 2. The minimum Gasteiger partial charge on any atom is -0.497 e. The van der Waals surface area contributed by atoms with Gasteiger partial charge in [-0.25, -0.2) is 4.98 Å². The quantitative estimate of drug-likeness (QED) is 0.620. The van der Waals surface area contributed by atoms with Crippen LogP contribution in [0, 0.1) is 6.92 Å². The molecule has 0 radical (unpaired) electrons. The Morgan fingerprint density at radius 1 is 1.12 bits per heavy atom. The van der Waals surface area contributed by atoms with Gasteiger partial charge in [0.1, 0.15) is 5.75 Å². The molecule has 1 N–H and O–H groups in total. The Labute approximate surface area is 159 Å². The number of anilines is 1. The molecule has 1 heterocycles. The van der Waals surface area contributed by atoms with Crippen LogP contribution in [0.5, 0.6) is 5.75 Å². The number of hydrogen-bond donors (Lipinski definition) is 1. The Morgan fingerprint density at radius 2 is 1.76 bits per heavy atom. The number of aryl methyl sites for hydroxylation is 1. The summed E-state index contributed by atoms with van der Waals surface area (Å²) in [6.45, 7) is 1.96. The fourth-order valence-corrected chi connectivity index (χ4v) is 3.68. The maximum atomic E-state index is 12.4. The van der Waals surface area contributed by atoms with Crippen LogP contribution in [-0.2, 0) is 0 Å². The van der Waals surface area contributed by atoms with Crippen LogP contribution in [0.15, 0.2) is 42.5 Å². The van der Waals surface area contributed by atoms with Gasteiger partial charge < -0.3 is 4.74 Å². The highest BCUT2D eigenvalue weighted by molar-refractivity contribution is 7.16. The third kappa shape index (κ3) is 4.12. The molecule has 0 aliphatic carbocycles. The third-order valence-corrected chi connectivity index (χ3v) is 4.83. The molecular formula is C18H14Cl2N2O2S. The number of hydrogen-bond acceptors (Lipinski definition) is 4. The molecule has 0 fully saturated rings. The first-order valence-electron chi connectivity index (χ1n) is 7.35. The van der Waals surface area contributed by atoms with Crippen LogP contribution in [0.2, 0.25) is 10.0 Å². The van der Waals surface area contributed by atoms with Crippen molar-refractivity contribution in [3.8, 4) is 17.0 Å². The van der Waals surface area contributed by atoms with E-state index in [0.717, 1.165) is 21.9 Å². The summed E-state index contributed by atoms with van der Waals surface area (Å²) in [7, 11) is 1.62. The van der Waals surface area contributed by atoms with Crippen LogP contribution in [0.1, 0.15) is 15.2 Å². The summed E-state index contributed by atoms with van der Waals surface area (Å²) in [5, 5.41) is 4.13. The molecule has 0 unspecified atom stereocenters. The second-order valence-corrected chi connectivity index (χ2v) is 7.34. The average Bonchev–Trinajstić information content (AvgIpc) is 2.94. The van der Waals surface area contributed by atoms with E-state index in [1.54, 1.807) is 25.3 Å². The topological polar surface area (TPSA) is 51.2 Å². The van der Waals surface area contributed by atoms with Crippen molar-refractivity contribution in [3.63, 3.8) is 0 Å². The van der Waals surface area contributed by atoms with Gasteiger partial charge >= 0.3 is 0 Å². The van der Waals surface area contributed by atoms with Gasteiger partial charge in [0.25, 0.3) is 5.91 Å². The second kappa shape index (κ2) is 7.44. The van der Waals surface area contributed by atoms with Crippen LogP contribution in [-0.4, -0.2) is 18.0 Å². The largest absolute Gasteiger partial charge is 0.497 e. The van der Waals surface area contributed by atoms with E-state index in [2.05, 4.69) is 10.3 Å². The molecular weight excluding hydrogens is 379 g/mol. The van der Waals surface area contributed by atoms with E-state index in [-0.39, 0.29) is 5.91 Å². The van der Waals surface area contributed by atoms with E-state index >= 15 is 0 Å². The zero-order valence-electron chi connectivity index (χ0n) is 13.5. The number of rotatable bonds is 4. The van der Waals surface area contributed by atoms with Crippen molar-refractivity contribution in [2.75, 3.05) is 12.4 Å². The zero-order valence-corrected chi connectivity index (χ0v) is 15.8. The Bertz CT molecular complexity index is 903. The molecule has 0 atom stereocenters. The molecule has 3 aromatic rings. The third-order valence-electron chi connectivity index (χ3n) is 3.51. The normalized spacial score (nSPS) is 10.6.